The maximum Gasteiger partial charge on any atom is 0.118 e. The summed E-state index contributed by atoms with van der Waals surface area (Å²) in [7, 11) is 0. The molecule has 0 aliphatic heterocycles. The molecule has 1 heteroatoms. The molecule has 0 aliphatic rings. The van der Waals surface area contributed by atoms with Crippen molar-refractivity contribution in [2.75, 3.05) is 0 Å². The molecule has 0 spiro atoms. The molecule has 0 atom stereocenters. The molecule has 2 rings (SSSR count). The van der Waals surface area contributed by atoms with Crippen LogP contribution in [0.25, 0.3) is 0 Å². The number of hydrogen-bond acceptors (Lipinski definition) is 1. The van der Waals surface area contributed by atoms with Gasteiger partial charge in [-0.2, -0.15) is 0 Å². The quantitative estimate of drug-likeness (QED) is 0.816. The van der Waals surface area contributed by atoms with Crippen LogP contribution in [0.1, 0.15) is 48.9 Å². The lowest BCUT2D eigenvalue weighted by Crippen LogP contribution is -2.26. The molecular formula is C19H24O. The Hall–Kier alpha value is -1.76. The van der Waals surface area contributed by atoms with Gasteiger partial charge in [-0.3, -0.25) is 0 Å². The van der Waals surface area contributed by atoms with Gasteiger partial charge in [-0.05, 0) is 49.4 Å². The van der Waals surface area contributed by atoms with Gasteiger partial charge in [0, 0.05) is 5.41 Å². The van der Waals surface area contributed by atoms with Crippen LogP contribution in [0.15, 0.2) is 42.5 Å². The minimum absolute atomic E-state index is 0.0322. The Morgan fingerprint density at radius 1 is 0.900 bits per heavy atom. The summed E-state index contributed by atoms with van der Waals surface area (Å²) in [6.07, 6.45) is 2.11. The zero-order chi connectivity index (χ0) is 14.8. The highest BCUT2D eigenvalue weighted by Crippen LogP contribution is 2.40. The molecule has 20 heavy (non-hydrogen) atoms. The maximum absolute atomic E-state index is 9.77. The maximum atomic E-state index is 9.77. The molecule has 0 unspecified atom stereocenters. The Labute approximate surface area is 122 Å². The summed E-state index contributed by atoms with van der Waals surface area (Å²) in [6.45, 7) is 8.59. The summed E-state index contributed by atoms with van der Waals surface area (Å²) in [6, 6.07) is 14.8. The first-order chi connectivity index (χ1) is 9.53. The molecular weight excluding hydrogens is 244 g/mol. The van der Waals surface area contributed by atoms with Gasteiger partial charge in [0.15, 0.2) is 0 Å². The number of aromatic hydroxyl groups is 1. The molecule has 0 aromatic heterocycles. The second kappa shape index (κ2) is 5.70. The third-order valence-corrected chi connectivity index (χ3v) is 4.53. The highest BCUT2D eigenvalue weighted by atomic mass is 16.3. The molecule has 1 nitrogen and oxygen atoms in total. The third kappa shape index (κ3) is 2.45. The van der Waals surface area contributed by atoms with Crippen LogP contribution in [0.4, 0.5) is 0 Å². The molecule has 0 bridgehead atoms. The van der Waals surface area contributed by atoms with E-state index >= 15 is 0 Å². The van der Waals surface area contributed by atoms with E-state index in [1.54, 1.807) is 0 Å². The van der Waals surface area contributed by atoms with Crippen LogP contribution in [0.2, 0.25) is 0 Å². The average molecular weight is 268 g/mol. The van der Waals surface area contributed by atoms with Gasteiger partial charge in [0.2, 0.25) is 0 Å². The number of benzene rings is 2. The number of phenolic OH excluding ortho intramolecular Hbond substituents is 1. The molecule has 0 saturated heterocycles. The predicted molar refractivity (Wildman–Crippen MR) is 85.4 cm³/mol. The first-order valence-corrected chi connectivity index (χ1v) is 7.40. The Kier molecular flexibility index (Phi) is 4.17. The number of phenols is 1. The SMILES string of the molecule is CCC(CC)(c1cccc(C)c1)c1ccc(O)c(C)c1. The van der Waals surface area contributed by atoms with E-state index in [2.05, 4.69) is 57.2 Å². The third-order valence-electron chi connectivity index (χ3n) is 4.53. The van der Waals surface area contributed by atoms with E-state index in [0.29, 0.717) is 5.75 Å². The Bertz CT molecular complexity index is 594. The van der Waals surface area contributed by atoms with Crippen molar-refractivity contribution >= 4 is 0 Å². The lowest BCUT2D eigenvalue weighted by Gasteiger charge is -2.34. The fraction of sp³-hybridized carbons (Fsp3) is 0.368. The fourth-order valence-electron chi connectivity index (χ4n) is 3.13. The lowest BCUT2D eigenvalue weighted by molar-refractivity contribution is 0.461. The van der Waals surface area contributed by atoms with E-state index < -0.39 is 0 Å². The van der Waals surface area contributed by atoms with Crippen molar-refractivity contribution in [2.45, 2.75) is 46.0 Å². The van der Waals surface area contributed by atoms with Crippen LogP contribution >= 0.6 is 0 Å². The second-order valence-corrected chi connectivity index (χ2v) is 5.66. The topological polar surface area (TPSA) is 20.2 Å². The summed E-state index contributed by atoms with van der Waals surface area (Å²) in [5.41, 5.74) is 4.94. The minimum atomic E-state index is 0.0322. The van der Waals surface area contributed by atoms with Gasteiger partial charge in [-0.15, -0.1) is 0 Å². The van der Waals surface area contributed by atoms with E-state index in [0.717, 1.165) is 18.4 Å². The van der Waals surface area contributed by atoms with Gasteiger partial charge in [-0.1, -0.05) is 55.8 Å². The van der Waals surface area contributed by atoms with Gasteiger partial charge in [-0.25, -0.2) is 0 Å². The summed E-state index contributed by atoms with van der Waals surface area (Å²) < 4.78 is 0. The zero-order valence-electron chi connectivity index (χ0n) is 12.9. The second-order valence-electron chi connectivity index (χ2n) is 5.66. The van der Waals surface area contributed by atoms with Crippen molar-refractivity contribution in [1.82, 2.24) is 0 Å². The molecule has 0 amide bonds. The van der Waals surface area contributed by atoms with Crippen LogP contribution in [-0.2, 0) is 5.41 Å². The number of rotatable bonds is 4. The van der Waals surface area contributed by atoms with E-state index in [9.17, 15) is 5.11 Å². The highest BCUT2D eigenvalue weighted by molar-refractivity contribution is 5.45. The largest absolute Gasteiger partial charge is 0.508 e. The molecule has 2 aromatic rings. The monoisotopic (exact) mass is 268 g/mol. The standard InChI is InChI=1S/C19H24O/c1-5-19(6-2,16-9-7-8-14(3)12-16)17-10-11-18(20)15(4)13-17/h7-13,20H,5-6H2,1-4H3. The van der Waals surface area contributed by atoms with Crippen molar-refractivity contribution in [3.63, 3.8) is 0 Å². The van der Waals surface area contributed by atoms with Crippen molar-refractivity contribution in [3.05, 3.63) is 64.7 Å². The Balaban J connectivity index is 2.62. The van der Waals surface area contributed by atoms with Gasteiger partial charge in [0.25, 0.3) is 0 Å². The van der Waals surface area contributed by atoms with Crippen molar-refractivity contribution in [3.8, 4) is 5.75 Å². The molecule has 0 heterocycles. The van der Waals surface area contributed by atoms with Gasteiger partial charge in [0.1, 0.15) is 5.75 Å². The average Bonchev–Trinajstić information content (AvgIpc) is 2.45. The van der Waals surface area contributed by atoms with Gasteiger partial charge >= 0.3 is 0 Å². The van der Waals surface area contributed by atoms with Crippen molar-refractivity contribution in [2.24, 2.45) is 0 Å². The van der Waals surface area contributed by atoms with E-state index in [-0.39, 0.29) is 5.41 Å². The zero-order valence-corrected chi connectivity index (χ0v) is 12.9. The first-order valence-electron chi connectivity index (χ1n) is 7.40. The van der Waals surface area contributed by atoms with Crippen LogP contribution in [0, 0.1) is 13.8 Å². The number of aryl methyl sites for hydroxylation is 2. The van der Waals surface area contributed by atoms with E-state index in [1.807, 2.05) is 13.0 Å². The van der Waals surface area contributed by atoms with Crippen LogP contribution in [0.3, 0.4) is 0 Å². The molecule has 0 saturated carbocycles. The van der Waals surface area contributed by atoms with E-state index in [4.69, 9.17) is 0 Å². The smallest absolute Gasteiger partial charge is 0.118 e. The molecule has 0 radical (unpaired) electrons. The molecule has 2 aromatic carbocycles. The summed E-state index contributed by atoms with van der Waals surface area (Å²) >= 11 is 0. The minimum Gasteiger partial charge on any atom is -0.508 e. The summed E-state index contributed by atoms with van der Waals surface area (Å²) in [5, 5.41) is 9.77. The van der Waals surface area contributed by atoms with E-state index in [1.165, 1.54) is 16.7 Å². The highest BCUT2D eigenvalue weighted by Gasteiger charge is 2.30. The first kappa shape index (κ1) is 14.6. The summed E-state index contributed by atoms with van der Waals surface area (Å²) in [5.74, 6) is 0.374. The normalized spacial score (nSPS) is 11.6. The predicted octanol–water partition coefficient (Wildman–Crippen LogP) is 5.12. The van der Waals surface area contributed by atoms with Gasteiger partial charge < -0.3 is 5.11 Å². The molecule has 1 N–H and O–H groups in total. The molecule has 106 valence electrons. The van der Waals surface area contributed by atoms with Crippen LogP contribution in [-0.4, -0.2) is 5.11 Å². The van der Waals surface area contributed by atoms with Gasteiger partial charge in [0.05, 0.1) is 0 Å². The molecule has 0 fully saturated rings. The summed E-state index contributed by atoms with van der Waals surface area (Å²) in [4.78, 5) is 0. The van der Waals surface area contributed by atoms with Crippen LogP contribution in [0.5, 0.6) is 5.75 Å². The number of hydrogen-bond donors (Lipinski definition) is 1. The lowest BCUT2D eigenvalue weighted by atomic mass is 9.70. The van der Waals surface area contributed by atoms with Crippen molar-refractivity contribution in [1.29, 1.82) is 0 Å². The van der Waals surface area contributed by atoms with Crippen LogP contribution < -0.4 is 0 Å². The Morgan fingerprint density at radius 2 is 1.55 bits per heavy atom. The Morgan fingerprint density at radius 3 is 2.10 bits per heavy atom. The fourth-order valence-corrected chi connectivity index (χ4v) is 3.13. The molecule has 0 aliphatic carbocycles. The van der Waals surface area contributed by atoms with Crippen molar-refractivity contribution < 1.29 is 5.11 Å².